The number of carbonyl (C=O) groups is 1. The largest absolute Gasteiger partial charge is 0.343 e. The van der Waals surface area contributed by atoms with E-state index in [2.05, 4.69) is 10.2 Å². The summed E-state index contributed by atoms with van der Waals surface area (Å²) in [5, 5.41) is 8.39. The van der Waals surface area contributed by atoms with Crippen LogP contribution in [0.4, 0.5) is 0 Å². The number of carbonyl (C=O) groups excluding carboxylic acids is 1. The minimum absolute atomic E-state index is 0.182. The summed E-state index contributed by atoms with van der Waals surface area (Å²) in [5.74, 6) is 0.770. The zero-order valence-electron chi connectivity index (χ0n) is 10.6. The van der Waals surface area contributed by atoms with Crippen molar-refractivity contribution in [1.82, 2.24) is 15.1 Å². The fraction of sp³-hybridized carbons (Fsp3) is 0.615. The number of amides is 1. The van der Waals surface area contributed by atoms with Crippen LogP contribution in [0.3, 0.4) is 0 Å². The van der Waals surface area contributed by atoms with E-state index in [0.717, 1.165) is 44.5 Å². The lowest BCUT2D eigenvalue weighted by Crippen LogP contribution is -2.29. The molecule has 5 heteroatoms. The van der Waals surface area contributed by atoms with Crippen LogP contribution in [0.2, 0.25) is 5.15 Å². The van der Waals surface area contributed by atoms with Crippen LogP contribution in [0.5, 0.6) is 0 Å². The standard InChI is InChI=1S/C13H18ClN3O/c1-10(18)17-7-2-3-11(6-8-17)9-12-4-5-13(14)16-15-12/h4-5,11H,2-3,6-9H2,1H3/t11-/m1/s1. The molecule has 2 rings (SSSR count). The molecule has 0 bridgehead atoms. The third-order valence-corrected chi connectivity index (χ3v) is 3.68. The first kappa shape index (κ1) is 13.3. The minimum Gasteiger partial charge on any atom is -0.343 e. The summed E-state index contributed by atoms with van der Waals surface area (Å²) in [4.78, 5) is 13.3. The van der Waals surface area contributed by atoms with Gasteiger partial charge in [-0.25, -0.2) is 0 Å². The Labute approximate surface area is 112 Å². The number of halogens is 1. The molecule has 1 atom stereocenters. The summed E-state index contributed by atoms with van der Waals surface area (Å²) < 4.78 is 0. The van der Waals surface area contributed by atoms with Crippen molar-refractivity contribution >= 4 is 17.5 Å². The summed E-state index contributed by atoms with van der Waals surface area (Å²) in [6.07, 6.45) is 4.19. The Morgan fingerprint density at radius 2 is 2.22 bits per heavy atom. The average Bonchev–Trinajstić information content (AvgIpc) is 2.58. The number of rotatable bonds is 2. The van der Waals surface area contributed by atoms with Gasteiger partial charge in [0.2, 0.25) is 5.91 Å². The molecule has 0 aliphatic carbocycles. The van der Waals surface area contributed by atoms with Gasteiger partial charge in [0.15, 0.2) is 5.15 Å². The fourth-order valence-electron chi connectivity index (χ4n) is 2.43. The first-order valence-corrected chi connectivity index (χ1v) is 6.76. The number of hydrogen-bond donors (Lipinski definition) is 0. The molecule has 1 fully saturated rings. The molecule has 1 amide bonds. The molecular formula is C13H18ClN3O. The first-order chi connectivity index (χ1) is 8.65. The predicted molar refractivity (Wildman–Crippen MR) is 70.3 cm³/mol. The number of aromatic nitrogens is 2. The van der Waals surface area contributed by atoms with Gasteiger partial charge in [0.05, 0.1) is 5.69 Å². The molecule has 1 aliphatic heterocycles. The Hall–Kier alpha value is -1.16. The summed E-state index contributed by atoms with van der Waals surface area (Å²) in [5.41, 5.74) is 0.987. The van der Waals surface area contributed by atoms with Crippen LogP contribution in [0.1, 0.15) is 31.9 Å². The highest BCUT2D eigenvalue weighted by molar-refractivity contribution is 6.29. The quantitative estimate of drug-likeness (QED) is 0.826. The summed E-state index contributed by atoms with van der Waals surface area (Å²) in [6, 6.07) is 3.71. The van der Waals surface area contributed by atoms with Crippen LogP contribution < -0.4 is 0 Å². The maximum absolute atomic E-state index is 11.3. The second-order valence-electron chi connectivity index (χ2n) is 4.85. The van der Waals surface area contributed by atoms with Crippen molar-refractivity contribution in [2.45, 2.75) is 32.6 Å². The molecular weight excluding hydrogens is 250 g/mol. The molecule has 0 radical (unpaired) electrons. The Kier molecular flexibility index (Phi) is 4.53. The molecule has 18 heavy (non-hydrogen) atoms. The summed E-state index contributed by atoms with van der Waals surface area (Å²) in [7, 11) is 0. The molecule has 1 aromatic rings. The highest BCUT2D eigenvalue weighted by Crippen LogP contribution is 2.21. The topological polar surface area (TPSA) is 46.1 Å². The van der Waals surface area contributed by atoms with E-state index in [1.165, 1.54) is 0 Å². The summed E-state index contributed by atoms with van der Waals surface area (Å²) >= 11 is 5.72. The molecule has 1 saturated heterocycles. The Morgan fingerprint density at radius 1 is 1.39 bits per heavy atom. The van der Waals surface area contributed by atoms with E-state index in [4.69, 9.17) is 11.6 Å². The van der Waals surface area contributed by atoms with Gasteiger partial charge >= 0.3 is 0 Å². The van der Waals surface area contributed by atoms with Crippen LogP contribution in [0.25, 0.3) is 0 Å². The van der Waals surface area contributed by atoms with Gasteiger partial charge in [-0.2, -0.15) is 5.10 Å². The van der Waals surface area contributed by atoms with Crippen molar-refractivity contribution in [1.29, 1.82) is 0 Å². The highest BCUT2D eigenvalue weighted by Gasteiger charge is 2.19. The van der Waals surface area contributed by atoms with Gasteiger partial charge in [0, 0.05) is 20.0 Å². The second-order valence-corrected chi connectivity index (χ2v) is 5.24. The molecule has 1 aliphatic rings. The molecule has 0 N–H and O–H groups in total. The van der Waals surface area contributed by atoms with Crippen LogP contribution >= 0.6 is 11.6 Å². The van der Waals surface area contributed by atoms with Crippen LogP contribution in [-0.4, -0.2) is 34.1 Å². The lowest BCUT2D eigenvalue weighted by atomic mass is 9.95. The molecule has 0 aromatic carbocycles. The van der Waals surface area contributed by atoms with Crippen molar-refractivity contribution in [3.63, 3.8) is 0 Å². The predicted octanol–water partition coefficient (Wildman–Crippen LogP) is 2.32. The van der Waals surface area contributed by atoms with Crippen molar-refractivity contribution in [3.05, 3.63) is 23.0 Å². The number of likely N-dealkylation sites (tertiary alicyclic amines) is 1. The molecule has 98 valence electrons. The summed E-state index contributed by atoms with van der Waals surface area (Å²) in [6.45, 7) is 3.39. The number of hydrogen-bond acceptors (Lipinski definition) is 3. The third-order valence-electron chi connectivity index (χ3n) is 3.48. The Bertz CT molecular complexity index is 407. The smallest absolute Gasteiger partial charge is 0.219 e. The highest BCUT2D eigenvalue weighted by atomic mass is 35.5. The first-order valence-electron chi connectivity index (χ1n) is 6.39. The van der Waals surface area contributed by atoms with Crippen molar-refractivity contribution in [2.75, 3.05) is 13.1 Å². The van der Waals surface area contributed by atoms with Gasteiger partial charge in [0.25, 0.3) is 0 Å². The van der Waals surface area contributed by atoms with Crippen LogP contribution in [-0.2, 0) is 11.2 Å². The molecule has 2 heterocycles. The normalized spacial score (nSPS) is 20.6. The molecule has 4 nitrogen and oxygen atoms in total. The SMILES string of the molecule is CC(=O)N1CCC[C@@H](Cc2ccc(Cl)nn2)CC1. The monoisotopic (exact) mass is 267 g/mol. The van der Waals surface area contributed by atoms with E-state index >= 15 is 0 Å². The number of nitrogens with zero attached hydrogens (tertiary/aromatic N) is 3. The van der Waals surface area contributed by atoms with E-state index in [-0.39, 0.29) is 5.91 Å². The molecule has 1 aromatic heterocycles. The van der Waals surface area contributed by atoms with E-state index in [9.17, 15) is 4.79 Å². The van der Waals surface area contributed by atoms with E-state index in [1.54, 1.807) is 13.0 Å². The van der Waals surface area contributed by atoms with Crippen LogP contribution in [0.15, 0.2) is 12.1 Å². The zero-order valence-corrected chi connectivity index (χ0v) is 11.4. The maximum atomic E-state index is 11.3. The zero-order chi connectivity index (χ0) is 13.0. The van der Waals surface area contributed by atoms with E-state index in [1.807, 2.05) is 11.0 Å². The lowest BCUT2D eigenvalue weighted by molar-refractivity contribution is -0.128. The van der Waals surface area contributed by atoms with Gasteiger partial charge in [-0.05, 0) is 43.7 Å². The van der Waals surface area contributed by atoms with Gasteiger partial charge < -0.3 is 4.90 Å². The van der Waals surface area contributed by atoms with Crippen molar-refractivity contribution in [2.24, 2.45) is 5.92 Å². The molecule has 0 unspecified atom stereocenters. The Balaban J connectivity index is 1.90. The minimum atomic E-state index is 0.182. The average molecular weight is 268 g/mol. The third kappa shape index (κ3) is 3.67. The molecule has 0 spiro atoms. The van der Waals surface area contributed by atoms with Crippen molar-refractivity contribution < 1.29 is 4.79 Å². The second kappa shape index (κ2) is 6.14. The van der Waals surface area contributed by atoms with E-state index < -0.39 is 0 Å². The maximum Gasteiger partial charge on any atom is 0.219 e. The Morgan fingerprint density at radius 3 is 2.89 bits per heavy atom. The van der Waals surface area contributed by atoms with Gasteiger partial charge in [-0.15, -0.1) is 5.10 Å². The van der Waals surface area contributed by atoms with Gasteiger partial charge in [-0.3, -0.25) is 4.79 Å². The van der Waals surface area contributed by atoms with E-state index in [0.29, 0.717) is 11.1 Å². The van der Waals surface area contributed by atoms with Crippen molar-refractivity contribution in [3.8, 4) is 0 Å². The molecule has 0 saturated carbocycles. The fourth-order valence-corrected chi connectivity index (χ4v) is 2.53. The van der Waals surface area contributed by atoms with Gasteiger partial charge in [0.1, 0.15) is 0 Å². The lowest BCUT2D eigenvalue weighted by Gasteiger charge is -2.18. The van der Waals surface area contributed by atoms with Crippen LogP contribution in [0, 0.1) is 5.92 Å². The van der Waals surface area contributed by atoms with Gasteiger partial charge in [-0.1, -0.05) is 11.6 Å².